The van der Waals surface area contributed by atoms with Crippen molar-refractivity contribution >= 4 is 34.8 Å². The molecule has 0 unspecified atom stereocenters. The fourth-order valence-corrected chi connectivity index (χ4v) is 4.29. The van der Waals surface area contributed by atoms with Crippen LogP contribution in [0, 0.1) is 5.82 Å². The molecule has 2 N–H and O–H groups in total. The molecule has 0 saturated carbocycles. The van der Waals surface area contributed by atoms with Crippen LogP contribution >= 0.6 is 11.6 Å². The summed E-state index contributed by atoms with van der Waals surface area (Å²) in [6.07, 6.45) is 2.01. The van der Waals surface area contributed by atoms with E-state index in [4.69, 9.17) is 11.6 Å². The number of rotatable bonds is 4. The van der Waals surface area contributed by atoms with Gasteiger partial charge >= 0.3 is 0 Å². The van der Waals surface area contributed by atoms with Crippen LogP contribution < -0.4 is 15.1 Å². The van der Waals surface area contributed by atoms with Crippen molar-refractivity contribution in [1.29, 1.82) is 0 Å². The van der Waals surface area contributed by atoms with Gasteiger partial charge in [0.25, 0.3) is 5.91 Å². The van der Waals surface area contributed by atoms with Crippen molar-refractivity contribution < 1.29 is 18.9 Å². The van der Waals surface area contributed by atoms with Crippen molar-refractivity contribution in [3.63, 3.8) is 0 Å². The van der Waals surface area contributed by atoms with Crippen molar-refractivity contribution in [3.8, 4) is 0 Å². The van der Waals surface area contributed by atoms with Crippen molar-refractivity contribution in [2.45, 2.75) is 31.3 Å². The standard InChI is InChI=1S/C21H21ClFN3O2/c22-14-2-1-3-18(12-14)26-20(27)13-19(21(26)28)25-10-8-17(9-11-25)24-16-6-4-15(23)5-7-16/h1-7,12,17,19,24H,8-11,13H2/p+1/t19-/m1/s1. The van der Waals surface area contributed by atoms with E-state index in [-0.39, 0.29) is 36.1 Å². The molecule has 0 aliphatic carbocycles. The van der Waals surface area contributed by atoms with Crippen LogP contribution in [0.3, 0.4) is 0 Å². The van der Waals surface area contributed by atoms with Crippen LogP contribution in [0.2, 0.25) is 5.02 Å². The van der Waals surface area contributed by atoms with Gasteiger partial charge in [-0.1, -0.05) is 17.7 Å². The summed E-state index contributed by atoms with van der Waals surface area (Å²) in [7, 11) is 0. The Morgan fingerprint density at radius 3 is 2.46 bits per heavy atom. The highest BCUT2D eigenvalue weighted by molar-refractivity contribution is 6.31. The van der Waals surface area contributed by atoms with Crippen LogP contribution in [0.1, 0.15) is 19.3 Å². The summed E-state index contributed by atoms with van der Waals surface area (Å²) in [5, 5.41) is 3.92. The maximum Gasteiger partial charge on any atom is 0.292 e. The monoisotopic (exact) mass is 402 g/mol. The maximum atomic E-state index is 13.0. The van der Waals surface area contributed by atoms with Crippen LogP contribution in [0.15, 0.2) is 48.5 Å². The molecule has 28 heavy (non-hydrogen) atoms. The van der Waals surface area contributed by atoms with Gasteiger partial charge in [0, 0.05) is 29.6 Å². The van der Waals surface area contributed by atoms with Crippen molar-refractivity contribution in [2.24, 2.45) is 0 Å². The van der Waals surface area contributed by atoms with Crippen molar-refractivity contribution in [3.05, 3.63) is 59.4 Å². The van der Waals surface area contributed by atoms with Gasteiger partial charge in [0.15, 0.2) is 6.04 Å². The Morgan fingerprint density at radius 1 is 1.07 bits per heavy atom. The lowest BCUT2D eigenvalue weighted by Gasteiger charge is -2.32. The summed E-state index contributed by atoms with van der Waals surface area (Å²) in [6, 6.07) is 13.1. The van der Waals surface area contributed by atoms with Gasteiger partial charge in [-0.05, 0) is 42.5 Å². The van der Waals surface area contributed by atoms with E-state index in [0.717, 1.165) is 36.5 Å². The first-order chi connectivity index (χ1) is 13.5. The van der Waals surface area contributed by atoms with Crippen molar-refractivity contribution in [2.75, 3.05) is 23.3 Å². The number of benzene rings is 2. The number of halogens is 2. The number of likely N-dealkylation sites (tertiary alicyclic amines) is 1. The molecule has 2 aliphatic heterocycles. The zero-order chi connectivity index (χ0) is 19.7. The Hall–Kier alpha value is -2.44. The number of carbonyl (C=O) groups is 2. The number of carbonyl (C=O) groups excluding carboxylic acids is 2. The summed E-state index contributed by atoms with van der Waals surface area (Å²) < 4.78 is 13.0. The molecule has 5 nitrogen and oxygen atoms in total. The zero-order valence-electron chi connectivity index (χ0n) is 15.3. The Labute approximate surface area is 168 Å². The van der Waals surface area contributed by atoms with Crippen LogP contribution in [0.5, 0.6) is 0 Å². The molecule has 2 amide bonds. The Morgan fingerprint density at radius 2 is 1.79 bits per heavy atom. The van der Waals surface area contributed by atoms with E-state index >= 15 is 0 Å². The van der Waals surface area contributed by atoms with Gasteiger partial charge in [-0.15, -0.1) is 0 Å². The first-order valence-electron chi connectivity index (χ1n) is 9.50. The Kier molecular flexibility index (Phi) is 5.33. The highest BCUT2D eigenvalue weighted by Gasteiger charge is 2.46. The molecule has 2 fully saturated rings. The number of hydrogen-bond acceptors (Lipinski definition) is 3. The quantitative estimate of drug-likeness (QED) is 0.771. The molecule has 4 rings (SSSR count). The molecule has 0 bridgehead atoms. The smallest absolute Gasteiger partial charge is 0.292 e. The van der Waals surface area contributed by atoms with Gasteiger partial charge in [-0.2, -0.15) is 0 Å². The van der Waals surface area contributed by atoms with Crippen LogP contribution in [0.25, 0.3) is 0 Å². The second-order valence-corrected chi connectivity index (χ2v) is 7.82. The topological polar surface area (TPSA) is 53.9 Å². The number of quaternary nitrogens is 1. The normalized spacial score (nSPS) is 25.2. The number of piperidine rings is 1. The number of nitrogens with one attached hydrogen (secondary N) is 2. The van der Waals surface area contributed by atoms with Gasteiger partial charge in [-0.25, -0.2) is 9.29 Å². The largest absolute Gasteiger partial charge is 0.382 e. The molecule has 7 heteroatoms. The first-order valence-corrected chi connectivity index (χ1v) is 9.88. The van der Waals surface area contributed by atoms with Gasteiger partial charge in [0.05, 0.1) is 25.2 Å². The highest BCUT2D eigenvalue weighted by Crippen LogP contribution is 2.25. The van der Waals surface area contributed by atoms with Gasteiger partial charge in [0.2, 0.25) is 5.91 Å². The van der Waals surface area contributed by atoms with Crippen LogP contribution in [0.4, 0.5) is 15.8 Å². The number of nitrogens with zero attached hydrogens (tertiary/aromatic N) is 1. The summed E-state index contributed by atoms with van der Waals surface area (Å²) in [4.78, 5) is 27.8. The molecule has 2 heterocycles. The van der Waals surface area contributed by atoms with Crippen molar-refractivity contribution in [1.82, 2.24) is 0 Å². The molecule has 0 aromatic heterocycles. The first kappa shape index (κ1) is 18.9. The van der Waals surface area contributed by atoms with E-state index in [1.807, 2.05) is 0 Å². The fraction of sp³-hybridized carbons (Fsp3) is 0.333. The second kappa shape index (κ2) is 7.89. The predicted octanol–water partition coefficient (Wildman–Crippen LogP) is 2.27. The maximum absolute atomic E-state index is 13.0. The molecule has 0 radical (unpaired) electrons. The summed E-state index contributed by atoms with van der Waals surface area (Å²) in [5.41, 5.74) is 1.44. The van der Waals surface area contributed by atoms with Gasteiger partial charge in [-0.3, -0.25) is 9.59 Å². The van der Waals surface area contributed by atoms with E-state index in [0.29, 0.717) is 10.7 Å². The SMILES string of the molecule is O=C1C[C@@H]([NH+]2CCC(Nc3ccc(F)cc3)CC2)C(=O)N1c1cccc(Cl)c1. The number of hydrogen-bond donors (Lipinski definition) is 2. The Balaban J connectivity index is 1.37. The lowest BCUT2D eigenvalue weighted by atomic mass is 10.0. The summed E-state index contributed by atoms with van der Waals surface area (Å²) in [6.45, 7) is 1.62. The molecular formula is C21H22ClFN3O2+. The number of anilines is 2. The molecule has 0 spiro atoms. The highest BCUT2D eigenvalue weighted by atomic mass is 35.5. The van der Waals surface area contributed by atoms with Gasteiger partial charge < -0.3 is 10.2 Å². The zero-order valence-corrected chi connectivity index (χ0v) is 16.1. The van der Waals surface area contributed by atoms with Crippen LogP contribution in [-0.4, -0.2) is 37.0 Å². The third-order valence-corrected chi connectivity index (χ3v) is 5.78. The molecule has 2 aromatic carbocycles. The second-order valence-electron chi connectivity index (χ2n) is 7.39. The van der Waals surface area contributed by atoms with Crippen LogP contribution in [-0.2, 0) is 9.59 Å². The molecular weight excluding hydrogens is 381 g/mol. The minimum Gasteiger partial charge on any atom is -0.382 e. The predicted molar refractivity (Wildman–Crippen MR) is 106 cm³/mol. The van der Waals surface area contributed by atoms with E-state index in [1.54, 1.807) is 36.4 Å². The average Bonchev–Trinajstić information content (AvgIpc) is 2.98. The molecule has 1 atom stereocenters. The molecule has 146 valence electrons. The van der Waals surface area contributed by atoms with E-state index in [2.05, 4.69) is 5.32 Å². The minimum atomic E-state index is -0.335. The van der Waals surface area contributed by atoms with E-state index in [1.165, 1.54) is 17.0 Å². The molecule has 2 aliphatic rings. The van der Waals surface area contributed by atoms with E-state index < -0.39 is 0 Å². The lowest BCUT2D eigenvalue weighted by molar-refractivity contribution is -0.919. The number of imide groups is 1. The number of amides is 2. The summed E-state index contributed by atoms with van der Waals surface area (Å²) in [5.74, 6) is -0.568. The van der Waals surface area contributed by atoms with E-state index in [9.17, 15) is 14.0 Å². The van der Waals surface area contributed by atoms with Gasteiger partial charge in [0.1, 0.15) is 5.82 Å². The average molecular weight is 403 g/mol. The third kappa shape index (κ3) is 3.88. The Bertz CT molecular complexity index is 881. The molecule has 2 aromatic rings. The lowest BCUT2D eigenvalue weighted by Crippen LogP contribution is -3.17. The third-order valence-electron chi connectivity index (χ3n) is 5.55. The minimum absolute atomic E-state index is 0.146. The summed E-state index contributed by atoms with van der Waals surface area (Å²) >= 11 is 6.01. The fourth-order valence-electron chi connectivity index (χ4n) is 4.10. The molecule has 2 saturated heterocycles.